The third-order valence-corrected chi connectivity index (χ3v) is 20.0. The molecular weight excluding hydrogens is 944 g/mol. The Kier molecular flexibility index (Phi) is 53.6. The van der Waals surface area contributed by atoms with Crippen molar-refractivity contribution < 1.29 is 25.1 Å². The molecule has 5 atom stereocenters. The molecule has 0 aliphatic heterocycles. The van der Waals surface area contributed by atoms with Gasteiger partial charge in [0.05, 0.1) is 0 Å². The summed E-state index contributed by atoms with van der Waals surface area (Å²) in [5, 5.41) is 0. The van der Waals surface area contributed by atoms with Crippen LogP contribution in [0.25, 0.3) is 0 Å². The summed E-state index contributed by atoms with van der Waals surface area (Å²) in [6, 6.07) is 0. The first-order valence-electron chi connectivity index (χ1n) is 33.5. The van der Waals surface area contributed by atoms with Gasteiger partial charge in [0.2, 0.25) is 0 Å². The number of hydrogen-bond acceptors (Lipinski definition) is 0. The highest BCUT2D eigenvalue weighted by atomic mass is 19.1. The van der Waals surface area contributed by atoms with Gasteiger partial charge in [-0.05, 0) is 160 Å². The molecule has 7 saturated carbocycles. The van der Waals surface area contributed by atoms with E-state index in [1.165, 1.54) is 199 Å². The Morgan fingerprint density at radius 3 is 0.571 bits per heavy atom. The normalized spacial score (nSPS) is 36.2. The average Bonchev–Trinajstić information content (AvgIpc) is 3.37. The van der Waals surface area contributed by atoms with E-state index in [0.29, 0.717) is 11.8 Å². The molecule has 4 heteroatoms. The minimum Gasteiger partial charge on any atom is -0.412 e. The zero-order chi connectivity index (χ0) is 54.7. The lowest BCUT2D eigenvalue weighted by Gasteiger charge is -2.26. The molecule has 7 fully saturated rings. The van der Waals surface area contributed by atoms with E-state index in [4.69, 9.17) is 0 Å². The third kappa shape index (κ3) is 47.5. The molecular formula is C73H155FO3. The van der Waals surface area contributed by atoms with Gasteiger partial charge in [-0.15, -0.1) is 0 Å². The summed E-state index contributed by atoms with van der Waals surface area (Å²) in [6.07, 6.45) is 50.8. The van der Waals surface area contributed by atoms with Crippen LogP contribution < -0.4 is 0 Å². The molecule has 6 N–H and O–H groups in total. The van der Waals surface area contributed by atoms with Crippen molar-refractivity contribution in [2.45, 2.75) is 350 Å². The zero-order valence-electron chi connectivity index (χ0n) is 55.2. The molecule has 5 unspecified atom stereocenters. The topological polar surface area (TPSA) is 94.5 Å². The van der Waals surface area contributed by atoms with E-state index in [2.05, 4.69) is 130 Å². The predicted octanol–water partition coefficient (Wildman–Crippen LogP) is 24.2. The molecule has 0 aromatic carbocycles. The molecule has 0 heterocycles. The summed E-state index contributed by atoms with van der Waals surface area (Å²) in [5.41, 5.74) is 3.17. The smallest absolute Gasteiger partial charge is 0.103 e. The van der Waals surface area contributed by atoms with E-state index in [9.17, 15) is 4.39 Å². The summed E-state index contributed by atoms with van der Waals surface area (Å²) in [7, 11) is 0. The van der Waals surface area contributed by atoms with Gasteiger partial charge in [-0.25, -0.2) is 4.39 Å². The van der Waals surface area contributed by atoms with Crippen LogP contribution in [0.15, 0.2) is 23.3 Å². The largest absolute Gasteiger partial charge is 0.412 e. The number of allylic oxidation sites excluding steroid dienone is 4. The van der Waals surface area contributed by atoms with E-state index in [-0.39, 0.29) is 28.1 Å². The van der Waals surface area contributed by atoms with Gasteiger partial charge in [-0.3, -0.25) is 0 Å². The summed E-state index contributed by atoms with van der Waals surface area (Å²) in [5.74, 6) is 15.1. The van der Waals surface area contributed by atoms with Crippen LogP contribution in [0, 0.1) is 94.7 Å². The lowest BCUT2D eigenvalue weighted by Crippen LogP contribution is -2.22. The molecule has 0 aromatic rings. The van der Waals surface area contributed by atoms with Gasteiger partial charge in [0.15, 0.2) is 0 Å². The highest BCUT2D eigenvalue weighted by Gasteiger charge is 2.24. The van der Waals surface area contributed by atoms with Crippen LogP contribution in [-0.2, 0) is 0 Å². The van der Waals surface area contributed by atoms with Crippen LogP contribution >= 0.6 is 0 Å². The molecule has 9 rings (SSSR count). The first kappa shape index (κ1) is 82.8. The Bertz CT molecular complexity index is 1070. The Hall–Kier alpha value is -0.710. The summed E-state index contributed by atoms with van der Waals surface area (Å²) >= 11 is 0. The molecule has 0 aromatic heterocycles. The number of alkyl halides is 1. The van der Waals surface area contributed by atoms with Gasteiger partial charge in [0, 0.05) is 4.28 Å². The molecule has 9 aliphatic carbocycles. The highest BCUT2D eigenvalue weighted by molar-refractivity contribution is 5.02. The fraction of sp³-hybridized carbons (Fsp3) is 0.945. The highest BCUT2D eigenvalue weighted by Crippen LogP contribution is 2.33. The van der Waals surface area contributed by atoms with Crippen molar-refractivity contribution in [2.24, 2.45) is 94.7 Å². The van der Waals surface area contributed by atoms with Crippen molar-refractivity contribution >= 4 is 0 Å². The second-order valence-corrected chi connectivity index (χ2v) is 29.5. The summed E-state index contributed by atoms with van der Waals surface area (Å²) in [4.78, 5) is 0. The maximum Gasteiger partial charge on any atom is 0.103 e. The monoisotopic (exact) mass is 1100 g/mol. The lowest BCUT2D eigenvalue weighted by molar-refractivity contribution is 0.145. The SMILES string of the molecule is C.CC1=CCC(C)CC1.CC1=CCC(C)CC1.CC1CCC(C)C(F)C1.CC1CCC(C)CC1.CC1CCC(C)CC1.CC1CCC(C)CC1.CC1CCC(C)CC1.CC1CCC(C)CC1.CC1CCC(C)CC1.O.O.O.[2HH].[HH].[HH]. The van der Waals surface area contributed by atoms with Gasteiger partial charge < -0.3 is 16.4 Å². The quantitative estimate of drug-likeness (QED) is 0.216. The van der Waals surface area contributed by atoms with Crippen LogP contribution in [0.1, 0.15) is 348 Å². The molecule has 3 nitrogen and oxygen atoms in total. The minimum atomic E-state index is -0.520. The van der Waals surface area contributed by atoms with Crippen LogP contribution in [0.2, 0.25) is 0 Å². The van der Waals surface area contributed by atoms with Crippen LogP contribution in [-0.4, -0.2) is 22.6 Å². The lowest BCUT2D eigenvalue weighted by atomic mass is 9.83. The van der Waals surface area contributed by atoms with Gasteiger partial charge in [0.1, 0.15) is 6.17 Å². The molecule has 0 bridgehead atoms. The first-order chi connectivity index (χ1) is 34.5. The Balaban J connectivity index is -0.000000148. The van der Waals surface area contributed by atoms with Crippen molar-refractivity contribution in [3.63, 3.8) is 0 Å². The molecule has 77 heavy (non-hydrogen) atoms. The maximum atomic E-state index is 12.8. The second kappa shape index (κ2) is 49.9. The molecule has 0 saturated heterocycles. The van der Waals surface area contributed by atoms with E-state index in [1.807, 2.05) is 6.92 Å². The first-order valence-corrected chi connectivity index (χ1v) is 33.5. The van der Waals surface area contributed by atoms with Crippen molar-refractivity contribution in [1.82, 2.24) is 0 Å². The van der Waals surface area contributed by atoms with E-state index < -0.39 is 6.17 Å². The van der Waals surface area contributed by atoms with Crippen LogP contribution in [0.4, 0.5) is 4.39 Å². The second-order valence-electron chi connectivity index (χ2n) is 29.5. The van der Waals surface area contributed by atoms with E-state index in [0.717, 1.165) is 95.7 Å². The maximum absolute atomic E-state index is 12.8. The van der Waals surface area contributed by atoms with E-state index >= 15 is 0 Å². The molecule has 472 valence electrons. The Morgan fingerprint density at radius 1 is 0.286 bits per heavy atom. The summed E-state index contributed by atoms with van der Waals surface area (Å²) < 4.78 is 12.8. The van der Waals surface area contributed by atoms with Crippen molar-refractivity contribution in [1.29, 1.82) is 0 Å². The number of halogens is 1. The number of rotatable bonds is 0. The summed E-state index contributed by atoms with van der Waals surface area (Å²) in [6.45, 7) is 41.7. The predicted molar refractivity (Wildman–Crippen MR) is 355 cm³/mol. The third-order valence-electron chi connectivity index (χ3n) is 20.0. The van der Waals surface area contributed by atoms with Gasteiger partial charge >= 0.3 is 0 Å². The molecule has 0 radical (unpaired) electrons. The molecule has 0 spiro atoms. The van der Waals surface area contributed by atoms with E-state index in [1.54, 1.807) is 11.1 Å². The molecule has 9 aliphatic rings. The fourth-order valence-corrected chi connectivity index (χ4v) is 12.2. The Labute approximate surface area is 491 Å². The molecule has 0 amide bonds. The fourth-order valence-electron chi connectivity index (χ4n) is 12.2. The zero-order valence-corrected chi connectivity index (χ0v) is 55.2. The standard InChI is InChI=1S/C8H15F.6C8H16.2C8H14.CH4.3H2O.3H2/c1-6-3-4-7(2)8(9)5-6;8*1-7-3-5-8(2)6-4-7;;;;;;;/h6-8H,3-5H2,1-2H3;6*7-8H,3-6H2,1-2H3;2*3,8H,4-6H2,1-2H3;1H4;3*1H2;3*1H/i;;;;;;;;;;;;;1+1;;. The van der Waals surface area contributed by atoms with Crippen molar-refractivity contribution in [3.8, 4) is 0 Å². The van der Waals surface area contributed by atoms with Crippen molar-refractivity contribution in [3.05, 3.63) is 23.3 Å². The average molecular weight is 1100 g/mol. The Morgan fingerprint density at radius 2 is 0.455 bits per heavy atom. The number of hydrogen-bond donors (Lipinski definition) is 0. The van der Waals surface area contributed by atoms with Crippen molar-refractivity contribution in [2.75, 3.05) is 0 Å². The van der Waals surface area contributed by atoms with Crippen LogP contribution in [0.3, 0.4) is 0 Å². The van der Waals surface area contributed by atoms with Crippen LogP contribution in [0.5, 0.6) is 0 Å². The van der Waals surface area contributed by atoms with Gasteiger partial charge in [-0.1, -0.05) is 302 Å². The van der Waals surface area contributed by atoms with Gasteiger partial charge in [-0.2, -0.15) is 0 Å². The van der Waals surface area contributed by atoms with Gasteiger partial charge in [0.25, 0.3) is 0 Å². The minimum absolute atomic E-state index is 0.